The Labute approximate surface area is 201 Å². The molecule has 1 saturated carbocycles. The molecule has 0 unspecified atom stereocenters. The number of carbonyl (C=O) groups excluding carboxylic acids is 2. The third-order valence-electron chi connectivity index (χ3n) is 6.58. The number of benzene rings is 1. The summed E-state index contributed by atoms with van der Waals surface area (Å²) in [7, 11) is 0. The lowest BCUT2D eigenvalue weighted by Gasteiger charge is -2.32. The number of allylic oxidation sites excluding steroid dienone is 2. The zero-order valence-corrected chi connectivity index (χ0v) is 20.6. The minimum absolute atomic E-state index is 0.0846. The highest BCUT2D eigenvalue weighted by Crippen LogP contribution is 2.31. The first-order chi connectivity index (χ1) is 16.2. The van der Waals surface area contributed by atoms with Gasteiger partial charge >= 0.3 is 0 Å². The molecule has 8 heteroatoms. The van der Waals surface area contributed by atoms with E-state index < -0.39 is 6.04 Å². The molecule has 0 saturated heterocycles. The van der Waals surface area contributed by atoms with Crippen LogP contribution in [-0.2, 0) is 11.3 Å². The Kier molecular flexibility index (Phi) is 8.26. The van der Waals surface area contributed by atoms with E-state index in [2.05, 4.69) is 22.7 Å². The van der Waals surface area contributed by atoms with Crippen molar-refractivity contribution in [1.82, 2.24) is 15.1 Å². The molecular formula is C26H37N6O2+. The third kappa shape index (κ3) is 5.92. The molecule has 6 N–H and O–H groups in total. The molecule has 2 aromatic rings. The minimum Gasteiger partial charge on any atom is -0.402 e. The van der Waals surface area contributed by atoms with Gasteiger partial charge in [0.2, 0.25) is 5.91 Å². The fourth-order valence-electron chi connectivity index (χ4n) is 4.72. The van der Waals surface area contributed by atoms with Gasteiger partial charge in [-0.15, -0.1) is 0 Å². The summed E-state index contributed by atoms with van der Waals surface area (Å²) in [5.41, 5.74) is 10.1. The summed E-state index contributed by atoms with van der Waals surface area (Å²) < 4.78 is 1.63. The van der Waals surface area contributed by atoms with Gasteiger partial charge < -0.3 is 16.4 Å². The van der Waals surface area contributed by atoms with Gasteiger partial charge in [0.15, 0.2) is 5.71 Å². The van der Waals surface area contributed by atoms with Crippen LogP contribution in [0.5, 0.6) is 0 Å². The van der Waals surface area contributed by atoms with Crippen LogP contribution in [0.4, 0.5) is 5.69 Å². The summed E-state index contributed by atoms with van der Waals surface area (Å²) in [6.45, 7) is 8.36. The van der Waals surface area contributed by atoms with Crippen molar-refractivity contribution >= 4 is 28.8 Å². The van der Waals surface area contributed by atoms with Gasteiger partial charge in [0.05, 0.1) is 5.57 Å². The predicted octanol–water partition coefficient (Wildman–Crippen LogP) is 2.38. The molecule has 0 aliphatic heterocycles. The Morgan fingerprint density at radius 2 is 1.79 bits per heavy atom. The topological polar surface area (TPSA) is 128 Å². The quantitative estimate of drug-likeness (QED) is 0.446. The van der Waals surface area contributed by atoms with E-state index in [0.717, 1.165) is 36.8 Å². The first-order valence-electron chi connectivity index (χ1n) is 12.0. The fraction of sp³-hybridized carbons (Fsp3) is 0.462. The van der Waals surface area contributed by atoms with Crippen LogP contribution in [-0.4, -0.2) is 33.3 Å². The molecule has 8 nitrogen and oxygen atoms in total. The van der Waals surface area contributed by atoms with Crippen LogP contribution >= 0.6 is 0 Å². The molecule has 1 aromatic carbocycles. The van der Waals surface area contributed by atoms with E-state index in [4.69, 9.17) is 11.1 Å². The van der Waals surface area contributed by atoms with E-state index in [0.29, 0.717) is 35.3 Å². The van der Waals surface area contributed by atoms with E-state index in [-0.39, 0.29) is 17.7 Å². The lowest BCUT2D eigenvalue weighted by atomic mass is 9.79. The first-order valence-corrected chi connectivity index (χ1v) is 12.0. The molecule has 0 bridgehead atoms. The number of nitrogens with two attached hydrogens (primary N) is 2. The second-order valence-electron chi connectivity index (χ2n) is 9.31. The number of anilines is 1. The zero-order chi connectivity index (χ0) is 24.8. The van der Waals surface area contributed by atoms with Crippen LogP contribution < -0.4 is 21.8 Å². The summed E-state index contributed by atoms with van der Waals surface area (Å²) in [4.78, 5) is 26.4. The Bertz CT molecular complexity index is 1060. The Hall–Kier alpha value is -3.42. The van der Waals surface area contributed by atoms with Crippen LogP contribution in [0.15, 0.2) is 42.2 Å². The standard InChI is InChI=1S/C26H36N6O2/c1-5-32-22(14-15-29-32)25(33)31-24(20-8-6-16(2)7-9-20)26(34)30-21-12-10-19(11-13-21)23(17(3)27)18(4)28/h10-16,20,24,27H,5-9,28H2,1-4H3,(H,30,34)(H,31,33)/p+1/b23-18+,27-17?/t16?,20?,24-/m0/s1. The number of nitrogens with zero attached hydrogens (tertiary/aromatic N) is 2. The SMILES string of the molecule is CCn1nccc1C(=O)N[C@H](C(=O)Nc1ccc(/C(C(C)=[NH2+])=C(\C)N)cc1)C1CCC(C)CC1. The summed E-state index contributed by atoms with van der Waals surface area (Å²) in [5, 5.41) is 16.2. The Balaban J connectivity index is 1.79. The van der Waals surface area contributed by atoms with E-state index in [1.807, 2.05) is 45.0 Å². The Morgan fingerprint density at radius 1 is 1.15 bits per heavy atom. The van der Waals surface area contributed by atoms with E-state index in [1.54, 1.807) is 16.9 Å². The third-order valence-corrected chi connectivity index (χ3v) is 6.58. The smallest absolute Gasteiger partial charge is 0.270 e. The Morgan fingerprint density at radius 3 is 2.35 bits per heavy atom. The number of amides is 2. The van der Waals surface area contributed by atoms with Gasteiger partial charge in [0, 0.05) is 31.0 Å². The second kappa shape index (κ2) is 11.1. The molecule has 182 valence electrons. The first kappa shape index (κ1) is 25.2. The van der Waals surface area contributed by atoms with Gasteiger partial charge in [-0.2, -0.15) is 5.10 Å². The van der Waals surface area contributed by atoms with Crippen molar-refractivity contribution in [2.45, 2.75) is 66.0 Å². The number of aryl methyl sites for hydroxylation is 1. The predicted molar refractivity (Wildman–Crippen MR) is 135 cm³/mol. The molecule has 0 spiro atoms. The molecular weight excluding hydrogens is 428 g/mol. The highest BCUT2D eigenvalue weighted by atomic mass is 16.2. The van der Waals surface area contributed by atoms with Crippen molar-refractivity contribution in [3.63, 3.8) is 0 Å². The van der Waals surface area contributed by atoms with Gasteiger partial charge in [0.25, 0.3) is 5.91 Å². The number of nitrogens with one attached hydrogen (secondary N) is 2. The molecule has 2 amide bonds. The fourth-order valence-corrected chi connectivity index (χ4v) is 4.72. The number of hydrogen-bond acceptors (Lipinski definition) is 4. The summed E-state index contributed by atoms with van der Waals surface area (Å²) in [6.07, 6.45) is 5.51. The van der Waals surface area contributed by atoms with Crippen LogP contribution in [0.3, 0.4) is 0 Å². The van der Waals surface area contributed by atoms with Crippen molar-refractivity contribution < 1.29 is 15.0 Å². The van der Waals surface area contributed by atoms with Crippen LogP contribution in [0.1, 0.15) is 69.4 Å². The largest absolute Gasteiger partial charge is 0.402 e. The molecule has 0 radical (unpaired) electrons. The zero-order valence-electron chi connectivity index (χ0n) is 20.6. The molecule has 1 fully saturated rings. The molecule has 1 aliphatic rings. The monoisotopic (exact) mass is 465 g/mol. The van der Waals surface area contributed by atoms with E-state index in [9.17, 15) is 9.59 Å². The van der Waals surface area contributed by atoms with Gasteiger partial charge in [-0.1, -0.05) is 31.9 Å². The second-order valence-corrected chi connectivity index (χ2v) is 9.31. The molecule has 1 aliphatic carbocycles. The molecule has 1 atom stereocenters. The number of hydrogen-bond donors (Lipinski definition) is 4. The van der Waals surface area contributed by atoms with Gasteiger partial charge in [0.1, 0.15) is 11.7 Å². The number of rotatable bonds is 8. The van der Waals surface area contributed by atoms with Crippen LogP contribution in [0.2, 0.25) is 0 Å². The highest BCUT2D eigenvalue weighted by Gasteiger charge is 2.33. The van der Waals surface area contributed by atoms with Crippen molar-refractivity contribution in [3.8, 4) is 0 Å². The maximum absolute atomic E-state index is 13.4. The normalized spacial score (nSPS) is 19.6. The summed E-state index contributed by atoms with van der Waals surface area (Å²) in [6, 6.07) is 8.47. The highest BCUT2D eigenvalue weighted by molar-refractivity contribution is 6.20. The summed E-state index contributed by atoms with van der Waals surface area (Å²) >= 11 is 0. The van der Waals surface area contributed by atoms with Gasteiger partial charge in [-0.3, -0.25) is 19.7 Å². The van der Waals surface area contributed by atoms with Crippen molar-refractivity contribution in [2.75, 3.05) is 5.32 Å². The van der Waals surface area contributed by atoms with E-state index >= 15 is 0 Å². The molecule has 34 heavy (non-hydrogen) atoms. The number of carbonyl (C=O) groups is 2. The van der Waals surface area contributed by atoms with Crippen molar-refractivity contribution in [2.24, 2.45) is 17.6 Å². The maximum atomic E-state index is 13.4. The molecule has 1 aromatic heterocycles. The summed E-state index contributed by atoms with van der Waals surface area (Å²) in [5.74, 6) is 0.230. The van der Waals surface area contributed by atoms with Gasteiger partial charge in [-0.25, -0.2) is 0 Å². The van der Waals surface area contributed by atoms with Gasteiger partial charge in [-0.05, 0) is 62.3 Å². The van der Waals surface area contributed by atoms with Crippen molar-refractivity contribution in [1.29, 1.82) is 0 Å². The van der Waals surface area contributed by atoms with Crippen molar-refractivity contribution in [3.05, 3.63) is 53.5 Å². The van der Waals surface area contributed by atoms with E-state index in [1.165, 1.54) is 0 Å². The minimum atomic E-state index is -0.624. The lowest BCUT2D eigenvalue weighted by Crippen LogP contribution is -2.49. The van der Waals surface area contributed by atoms with Crippen LogP contribution in [0.25, 0.3) is 5.57 Å². The van der Waals surface area contributed by atoms with Crippen LogP contribution in [0, 0.1) is 11.8 Å². The maximum Gasteiger partial charge on any atom is 0.270 e. The average molecular weight is 466 g/mol. The average Bonchev–Trinajstić information content (AvgIpc) is 3.28. The molecule has 1 heterocycles. The molecule has 3 rings (SSSR count). The number of aromatic nitrogens is 2. The lowest BCUT2D eigenvalue weighted by molar-refractivity contribution is -0.119.